The van der Waals surface area contributed by atoms with Crippen LogP contribution in [-0.2, 0) is 0 Å². The molecular weight excluding hydrogens is 242 g/mol. The Labute approximate surface area is 110 Å². The van der Waals surface area contributed by atoms with Gasteiger partial charge in [0.2, 0.25) is 0 Å². The van der Waals surface area contributed by atoms with Crippen molar-refractivity contribution in [2.24, 2.45) is 0 Å². The van der Waals surface area contributed by atoms with E-state index in [-0.39, 0.29) is 0 Å². The lowest BCUT2D eigenvalue weighted by atomic mass is 10.1. The molecule has 2 unspecified atom stereocenters. The minimum Gasteiger partial charge on any atom is -0.369 e. The molecule has 0 saturated carbocycles. The number of hydrogen-bond acceptors (Lipinski definition) is 4. The van der Waals surface area contributed by atoms with E-state index >= 15 is 0 Å². The van der Waals surface area contributed by atoms with Gasteiger partial charge in [-0.3, -0.25) is 4.79 Å². The van der Waals surface area contributed by atoms with Gasteiger partial charge in [-0.2, -0.15) is 0 Å². The highest BCUT2D eigenvalue weighted by Gasteiger charge is 2.36. The Hall–Kier alpha value is -2.17. The molecule has 0 aromatic heterocycles. The summed E-state index contributed by atoms with van der Waals surface area (Å²) in [7, 11) is 0. The fraction of sp³-hybridized carbons (Fsp3) is 0.133. The number of carbonyl (C=O) groups is 1. The number of fused-ring (bicyclic) bond motifs is 1. The van der Waals surface area contributed by atoms with Crippen molar-refractivity contribution in [3.8, 4) is 0 Å². The average Bonchev–Trinajstić information content (AvgIpc) is 2.71. The molecule has 96 valence electrons. The van der Waals surface area contributed by atoms with Crippen LogP contribution in [0.2, 0.25) is 0 Å². The van der Waals surface area contributed by atoms with Gasteiger partial charge in [-0.25, -0.2) is 0 Å². The Morgan fingerprint density at radius 1 is 0.895 bits per heavy atom. The summed E-state index contributed by atoms with van der Waals surface area (Å²) in [4.78, 5) is 12.5. The number of anilines is 1. The number of benzene rings is 2. The van der Waals surface area contributed by atoms with Crippen LogP contribution >= 0.6 is 0 Å². The highest BCUT2D eigenvalue weighted by molar-refractivity contribution is 5.85. The van der Waals surface area contributed by atoms with E-state index in [1.54, 1.807) is 36.4 Å². The molecule has 2 aromatic rings. The van der Waals surface area contributed by atoms with Gasteiger partial charge in [0.1, 0.15) is 0 Å². The first-order valence-electron chi connectivity index (χ1n) is 6.01. The quantitative estimate of drug-likeness (QED) is 0.806. The summed E-state index contributed by atoms with van der Waals surface area (Å²) < 4.78 is 0. The fourth-order valence-electron chi connectivity index (χ4n) is 2.50. The molecule has 4 nitrogen and oxygen atoms in total. The maximum Gasteiger partial charge on any atom is 0.155 e. The molecule has 2 aromatic carbocycles. The highest BCUT2D eigenvalue weighted by atomic mass is 16.3. The van der Waals surface area contributed by atoms with Crippen molar-refractivity contribution in [3.63, 3.8) is 0 Å². The number of carbonyl (C=O) groups excluding carboxylic acids is 1. The van der Waals surface area contributed by atoms with Gasteiger partial charge < -0.3 is 15.1 Å². The number of nitrogens with zero attached hydrogens (tertiary/aromatic N) is 1. The van der Waals surface area contributed by atoms with E-state index in [9.17, 15) is 15.0 Å². The van der Waals surface area contributed by atoms with Crippen molar-refractivity contribution in [1.29, 1.82) is 0 Å². The zero-order valence-electron chi connectivity index (χ0n) is 10.1. The minimum atomic E-state index is -0.952. The van der Waals surface area contributed by atoms with Crippen LogP contribution in [0.5, 0.6) is 0 Å². The number of hydrogen-bond donors (Lipinski definition) is 2. The van der Waals surface area contributed by atoms with Crippen molar-refractivity contribution in [1.82, 2.24) is 0 Å². The lowest BCUT2D eigenvalue weighted by Gasteiger charge is -2.27. The van der Waals surface area contributed by atoms with Gasteiger partial charge in [0.25, 0.3) is 0 Å². The molecule has 0 fully saturated rings. The van der Waals surface area contributed by atoms with E-state index in [1.807, 2.05) is 12.1 Å². The largest absolute Gasteiger partial charge is 0.369 e. The zero-order valence-corrected chi connectivity index (χ0v) is 10.1. The van der Waals surface area contributed by atoms with Gasteiger partial charge in [0.15, 0.2) is 18.7 Å². The topological polar surface area (TPSA) is 60.8 Å². The van der Waals surface area contributed by atoms with E-state index in [4.69, 9.17) is 0 Å². The number of para-hydroxylation sites is 1. The SMILES string of the molecule is O=Cc1ccccc1N1C(O)c2ccccc2C1O. The number of aliphatic hydroxyl groups is 2. The van der Waals surface area contributed by atoms with Crippen LogP contribution in [0.25, 0.3) is 0 Å². The average molecular weight is 255 g/mol. The number of rotatable bonds is 2. The Balaban J connectivity index is 2.11. The Morgan fingerprint density at radius 2 is 1.42 bits per heavy atom. The Morgan fingerprint density at radius 3 is 2.00 bits per heavy atom. The molecule has 1 aliphatic rings. The lowest BCUT2D eigenvalue weighted by Crippen LogP contribution is -2.26. The molecule has 0 bridgehead atoms. The van der Waals surface area contributed by atoms with Crippen molar-refractivity contribution >= 4 is 12.0 Å². The van der Waals surface area contributed by atoms with Crippen LogP contribution in [-0.4, -0.2) is 16.5 Å². The third kappa shape index (κ3) is 1.73. The van der Waals surface area contributed by atoms with E-state index in [1.165, 1.54) is 4.90 Å². The summed E-state index contributed by atoms with van der Waals surface area (Å²) in [5, 5.41) is 20.7. The molecule has 0 amide bonds. The standard InChI is InChI=1S/C15H13NO3/c17-9-10-5-1-4-8-13(10)16-14(18)11-6-2-3-7-12(11)15(16)19/h1-9,14-15,18-19H. The lowest BCUT2D eigenvalue weighted by molar-refractivity contribution is 0.108. The highest BCUT2D eigenvalue weighted by Crippen LogP contribution is 2.42. The van der Waals surface area contributed by atoms with Crippen LogP contribution < -0.4 is 4.90 Å². The van der Waals surface area contributed by atoms with Gasteiger partial charge >= 0.3 is 0 Å². The van der Waals surface area contributed by atoms with E-state index in [2.05, 4.69) is 0 Å². The Bertz CT molecular complexity index is 597. The molecule has 2 atom stereocenters. The summed E-state index contributed by atoms with van der Waals surface area (Å²) in [6.07, 6.45) is -1.18. The van der Waals surface area contributed by atoms with Crippen LogP contribution in [0.1, 0.15) is 33.9 Å². The van der Waals surface area contributed by atoms with E-state index < -0.39 is 12.5 Å². The van der Waals surface area contributed by atoms with E-state index in [0.29, 0.717) is 22.4 Å². The monoisotopic (exact) mass is 255 g/mol. The molecule has 0 spiro atoms. The first kappa shape index (κ1) is 11.9. The van der Waals surface area contributed by atoms with Crippen molar-refractivity contribution in [2.75, 3.05) is 4.90 Å². The molecule has 0 radical (unpaired) electrons. The van der Waals surface area contributed by atoms with Crippen molar-refractivity contribution in [3.05, 3.63) is 65.2 Å². The van der Waals surface area contributed by atoms with Gasteiger partial charge in [0, 0.05) is 16.7 Å². The molecule has 0 aliphatic carbocycles. The summed E-state index contributed by atoms with van der Waals surface area (Å²) >= 11 is 0. The molecule has 4 heteroatoms. The van der Waals surface area contributed by atoms with Crippen molar-refractivity contribution < 1.29 is 15.0 Å². The molecular formula is C15H13NO3. The second kappa shape index (κ2) is 4.50. The number of aldehydes is 1. The van der Waals surface area contributed by atoms with Crippen molar-refractivity contribution in [2.45, 2.75) is 12.5 Å². The van der Waals surface area contributed by atoms with Crippen LogP contribution in [0.4, 0.5) is 5.69 Å². The second-order valence-electron chi connectivity index (χ2n) is 4.46. The van der Waals surface area contributed by atoms with Gasteiger partial charge in [-0.15, -0.1) is 0 Å². The maximum atomic E-state index is 11.1. The zero-order chi connectivity index (χ0) is 13.4. The Kier molecular flexibility index (Phi) is 2.81. The molecule has 19 heavy (non-hydrogen) atoms. The third-order valence-electron chi connectivity index (χ3n) is 3.42. The second-order valence-corrected chi connectivity index (χ2v) is 4.46. The van der Waals surface area contributed by atoms with Gasteiger partial charge in [-0.05, 0) is 12.1 Å². The fourth-order valence-corrected chi connectivity index (χ4v) is 2.50. The van der Waals surface area contributed by atoms with Gasteiger partial charge in [0.05, 0.1) is 5.69 Å². The summed E-state index contributed by atoms with van der Waals surface area (Å²) in [5.41, 5.74) is 2.29. The third-order valence-corrected chi connectivity index (χ3v) is 3.42. The molecule has 0 saturated heterocycles. The predicted octanol–water partition coefficient (Wildman–Crippen LogP) is 2.00. The number of aliphatic hydroxyl groups excluding tert-OH is 2. The smallest absolute Gasteiger partial charge is 0.155 e. The van der Waals surface area contributed by atoms with E-state index in [0.717, 1.165) is 6.29 Å². The maximum absolute atomic E-state index is 11.1. The molecule has 1 heterocycles. The summed E-state index contributed by atoms with van der Waals surface area (Å²) in [6.45, 7) is 0. The van der Waals surface area contributed by atoms with Crippen LogP contribution in [0, 0.1) is 0 Å². The van der Waals surface area contributed by atoms with Gasteiger partial charge in [-0.1, -0.05) is 36.4 Å². The minimum absolute atomic E-state index is 0.438. The normalized spacial score (nSPS) is 21.3. The summed E-state index contributed by atoms with van der Waals surface area (Å²) in [6, 6.07) is 14.0. The first-order valence-corrected chi connectivity index (χ1v) is 6.01. The van der Waals surface area contributed by atoms with Crippen LogP contribution in [0.15, 0.2) is 48.5 Å². The molecule has 1 aliphatic heterocycles. The molecule has 3 rings (SSSR count). The summed E-state index contributed by atoms with van der Waals surface area (Å²) in [5.74, 6) is 0. The molecule has 2 N–H and O–H groups in total. The first-order chi connectivity index (χ1) is 9.24. The van der Waals surface area contributed by atoms with Crippen LogP contribution in [0.3, 0.4) is 0 Å². The predicted molar refractivity (Wildman–Crippen MR) is 70.7 cm³/mol.